The summed E-state index contributed by atoms with van der Waals surface area (Å²) in [7, 11) is -1.48. The molecule has 0 radical (unpaired) electrons. The molecular formula is C17H22N2O4S2. The molecule has 1 aromatic carbocycles. The molecule has 0 aromatic heterocycles. The summed E-state index contributed by atoms with van der Waals surface area (Å²) in [6.07, 6.45) is 0.723. The molecule has 1 aromatic rings. The average molecular weight is 383 g/mol. The fourth-order valence-electron chi connectivity index (χ4n) is 3.01. The Balaban J connectivity index is 2.00. The number of methoxy groups -OCH3 is 1. The van der Waals surface area contributed by atoms with E-state index in [0.29, 0.717) is 10.9 Å². The van der Waals surface area contributed by atoms with Crippen LogP contribution in [0.4, 0.5) is 5.69 Å². The number of hydrogen-bond acceptors (Lipinski definition) is 5. The average Bonchev–Trinajstić information content (AvgIpc) is 3.04. The fraction of sp³-hybridized carbons (Fsp3) is 0.529. The number of carbonyl (C=O) groups is 1. The van der Waals surface area contributed by atoms with Gasteiger partial charge in [-0.2, -0.15) is 4.99 Å². The highest BCUT2D eigenvalue weighted by atomic mass is 32.2. The predicted octanol–water partition coefficient (Wildman–Crippen LogP) is 2.34. The lowest BCUT2D eigenvalue weighted by molar-refractivity contribution is -0.121. The lowest BCUT2D eigenvalue weighted by atomic mass is 10.1. The number of anilines is 1. The van der Waals surface area contributed by atoms with Gasteiger partial charge in [0, 0.05) is 22.9 Å². The zero-order valence-electron chi connectivity index (χ0n) is 14.5. The number of thioether (sulfide) groups is 1. The number of nitrogens with zero attached hydrogens (tertiary/aromatic N) is 2. The Labute approximate surface area is 152 Å². The van der Waals surface area contributed by atoms with E-state index in [1.54, 1.807) is 7.11 Å². The Morgan fingerprint density at radius 2 is 2.20 bits per heavy atom. The summed E-state index contributed by atoms with van der Waals surface area (Å²) in [5.41, 5.74) is 0.798. The lowest BCUT2D eigenvalue weighted by Crippen LogP contribution is -2.37. The predicted molar refractivity (Wildman–Crippen MR) is 101 cm³/mol. The van der Waals surface area contributed by atoms with Crippen molar-refractivity contribution in [1.29, 1.82) is 0 Å². The fourth-order valence-corrected chi connectivity index (χ4v) is 6.93. The number of ether oxygens (including phenoxy) is 1. The van der Waals surface area contributed by atoms with Gasteiger partial charge in [0.2, 0.25) is 0 Å². The van der Waals surface area contributed by atoms with E-state index in [1.165, 1.54) is 11.8 Å². The molecule has 0 unspecified atom stereocenters. The topological polar surface area (TPSA) is 76.0 Å². The third-order valence-corrected chi connectivity index (χ3v) is 7.85. The van der Waals surface area contributed by atoms with Gasteiger partial charge in [-0.25, -0.2) is 8.42 Å². The van der Waals surface area contributed by atoms with E-state index in [1.807, 2.05) is 43.0 Å². The summed E-state index contributed by atoms with van der Waals surface area (Å²) in [6.45, 7) is 3.80. The lowest BCUT2D eigenvalue weighted by Gasteiger charge is -2.25. The number of rotatable bonds is 4. The van der Waals surface area contributed by atoms with Gasteiger partial charge in [0.15, 0.2) is 15.0 Å². The van der Waals surface area contributed by atoms with Crippen molar-refractivity contribution in [3.05, 3.63) is 24.3 Å². The van der Waals surface area contributed by atoms with Crippen molar-refractivity contribution in [2.24, 2.45) is 10.9 Å². The summed E-state index contributed by atoms with van der Waals surface area (Å²) in [4.78, 5) is 18.5. The molecule has 8 heteroatoms. The first-order valence-corrected chi connectivity index (χ1v) is 11.0. The number of aliphatic imine (C=N–C) groups is 1. The molecule has 136 valence electrons. The van der Waals surface area contributed by atoms with Gasteiger partial charge in [-0.15, -0.1) is 0 Å². The second kappa shape index (κ2) is 6.99. The molecule has 3 rings (SSSR count). The summed E-state index contributed by atoms with van der Waals surface area (Å²) >= 11 is 1.39. The standard InChI is InChI=1S/C17H22N2O4S2/c1-4-11(2)16(20)18-17-19(12-6-5-7-13(8-12)23-3)14-9-25(21,22)10-15(14)24-17/h5-8,11,14-15H,4,9-10H2,1-3H3/t11-,14-,15+/m1/s1. The first-order chi connectivity index (χ1) is 11.8. The van der Waals surface area contributed by atoms with Crippen LogP contribution in [-0.2, 0) is 14.6 Å². The van der Waals surface area contributed by atoms with Crippen LogP contribution >= 0.6 is 11.8 Å². The molecule has 2 aliphatic heterocycles. The zero-order valence-corrected chi connectivity index (χ0v) is 16.1. The maximum Gasteiger partial charge on any atom is 0.250 e. The molecule has 6 nitrogen and oxygen atoms in total. The van der Waals surface area contributed by atoms with E-state index in [4.69, 9.17) is 4.74 Å². The first-order valence-electron chi connectivity index (χ1n) is 8.27. The summed E-state index contributed by atoms with van der Waals surface area (Å²) in [6, 6.07) is 7.21. The smallest absolute Gasteiger partial charge is 0.250 e. The van der Waals surface area contributed by atoms with Crippen LogP contribution in [0.1, 0.15) is 20.3 Å². The van der Waals surface area contributed by atoms with E-state index in [-0.39, 0.29) is 34.6 Å². The number of hydrogen-bond donors (Lipinski definition) is 0. The van der Waals surface area contributed by atoms with E-state index in [2.05, 4.69) is 4.99 Å². The van der Waals surface area contributed by atoms with Gasteiger partial charge < -0.3 is 9.64 Å². The number of sulfone groups is 1. The monoisotopic (exact) mass is 382 g/mol. The molecule has 3 atom stereocenters. The second-order valence-corrected chi connectivity index (χ2v) is 9.77. The second-order valence-electron chi connectivity index (χ2n) is 6.41. The molecule has 2 fully saturated rings. The van der Waals surface area contributed by atoms with E-state index in [0.717, 1.165) is 12.1 Å². The molecule has 1 amide bonds. The maximum atomic E-state index is 12.3. The third kappa shape index (κ3) is 3.69. The highest BCUT2D eigenvalue weighted by Gasteiger charge is 2.49. The van der Waals surface area contributed by atoms with Gasteiger partial charge in [0.25, 0.3) is 5.91 Å². The van der Waals surface area contributed by atoms with Crippen LogP contribution in [0.3, 0.4) is 0 Å². The van der Waals surface area contributed by atoms with Crippen LogP contribution in [0.15, 0.2) is 29.3 Å². The van der Waals surface area contributed by atoms with Crippen LogP contribution in [0, 0.1) is 5.92 Å². The first kappa shape index (κ1) is 18.3. The summed E-state index contributed by atoms with van der Waals surface area (Å²) < 4.78 is 29.4. The molecule has 0 saturated carbocycles. The van der Waals surface area contributed by atoms with Gasteiger partial charge in [-0.05, 0) is 18.6 Å². The number of benzene rings is 1. The maximum absolute atomic E-state index is 12.3. The highest BCUT2D eigenvalue weighted by molar-refractivity contribution is 8.16. The molecular weight excluding hydrogens is 360 g/mol. The number of fused-ring (bicyclic) bond motifs is 1. The molecule has 2 saturated heterocycles. The van der Waals surface area contributed by atoms with Crippen molar-refractivity contribution in [1.82, 2.24) is 0 Å². The largest absolute Gasteiger partial charge is 0.497 e. The Bertz CT molecular complexity index is 807. The Hall–Kier alpha value is -1.54. The number of amidine groups is 1. The number of amides is 1. The van der Waals surface area contributed by atoms with Crippen molar-refractivity contribution in [3.63, 3.8) is 0 Å². The SMILES string of the molecule is CC[C@@H](C)C(=O)N=C1S[C@H]2CS(=O)(=O)C[C@H]2N1c1cccc(OC)c1. The van der Waals surface area contributed by atoms with E-state index < -0.39 is 9.84 Å². The molecule has 25 heavy (non-hydrogen) atoms. The molecule has 2 aliphatic rings. The van der Waals surface area contributed by atoms with Crippen LogP contribution < -0.4 is 9.64 Å². The Morgan fingerprint density at radius 1 is 1.44 bits per heavy atom. The minimum atomic E-state index is -3.07. The quantitative estimate of drug-likeness (QED) is 0.796. The van der Waals surface area contributed by atoms with Crippen molar-refractivity contribution in [2.75, 3.05) is 23.5 Å². The molecule has 0 bridgehead atoms. The van der Waals surface area contributed by atoms with Crippen LogP contribution in [0.5, 0.6) is 5.75 Å². The highest BCUT2D eigenvalue weighted by Crippen LogP contribution is 2.41. The normalized spacial score (nSPS) is 27.3. The van der Waals surface area contributed by atoms with Gasteiger partial charge in [-0.1, -0.05) is 31.7 Å². The van der Waals surface area contributed by atoms with Gasteiger partial charge in [0.1, 0.15) is 5.75 Å². The van der Waals surface area contributed by atoms with Gasteiger partial charge >= 0.3 is 0 Å². The molecule has 2 heterocycles. The number of carbonyl (C=O) groups excluding carboxylic acids is 1. The van der Waals surface area contributed by atoms with E-state index in [9.17, 15) is 13.2 Å². The van der Waals surface area contributed by atoms with Crippen molar-refractivity contribution in [2.45, 2.75) is 31.6 Å². The van der Waals surface area contributed by atoms with Crippen LogP contribution in [0.2, 0.25) is 0 Å². The minimum Gasteiger partial charge on any atom is -0.497 e. The van der Waals surface area contributed by atoms with Crippen molar-refractivity contribution in [3.8, 4) is 5.75 Å². The Morgan fingerprint density at radius 3 is 2.88 bits per heavy atom. The zero-order chi connectivity index (χ0) is 18.2. The van der Waals surface area contributed by atoms with Gasteiger partial charge in [0.05, 0.1) is 24.7 Å². The van der Waals surface area contributed by atoms with Crippen molar-refractivity contribution < 1.29 is 17.9 Å². The molecule has 0 spiro atoms. The van der Waals surface area contributed by atoms with Gasteiger partial charge in [-0.3, -0.25) is 4.79 Å². The van der Waals surface area contributed by atoms with Crippen LogP contribution in [-0.4, -0.2) is 49.4 Å². The Kier molecular flexibility index (Phi) is 5.11. The van der Waals surface area contributed by atoms with Crippen molar-refractivity contribution >= 4 is 38.4 Å². The summed E-state index contributed by atoms with van der Waals surface area (Å²) in [5, 5.41) is 0.489. The molecule has 0 aliphatic carbocycles. The minimum absolute atomic E-state index is 0.0818. The third-order valence-electron chi connectivity index (χ3n) is 4.64. The van der Waals surface area contributed by atoms with Crippen LogP contribution in [0.25, 0.3) is 0 Å². The molecule has 0 N–H and O–H groups in total. The summed E-state index contributed by atoms with van der Waals surface area (Å²) in [5.74, 6) is 0.571. The van der Waals surface area contributed by atoms with E-state index >= 15 is 0 Å².